The molecule has 0 aliphatic carbocycles. The van der Waals surface area contributed by atoms with Crippen molar-refractivity contribution in [3.05, 3.63) is 90.6 Å². The standard InChI is InChI=1S/C22H23N3.CHF3O3S.CH3.Fe/c1-15-9-5-7-11-19(15)23-17(3)21-13-14-22(25-21)18(4)24-20-12-8-6-10-16(20)2;2-1(3,4)7-8(5)6;;/h5-14,25H,1-4H3;(H,5,6);1H3;/q;;-1;+2/p-1. The third-order valence-corrected chi connectivity index (χ3v) is 4.76. The number of aryl methyl sites for hydroxylation is 2. The summed E-state index contributed by atoms with van der Waals surface area (Å²) in [5.74, 6) is 0. The number of hydrogen-bond acceptors (Lipinski definition) is 5. The van der Waals surface area contributed by atoms with Gasteiger partial charge >= 0.3 is 23.4 Å². The van der Waals surface area contributed by atoms with Crippen LogP contribution in [0, 0.1) is 21.3 Å². The van der Waals surface area contributed by atoms with E-state index in [1.807, 2.05) is 50.2 Å². The van der Waals surface area contributed by atoms with Crippen molar-refractivity contribution in [3.63, 3.8) is 0 Å². The molecule has 0 aliphatic rings. The molecule has 3 rings (SSSR count). The summed E-state index contributed by atoms with van der Waals surface area (Å²) in [4.78, 5) is 12.9. The van der Waals surface area contributed by atoms with Crippen molar-refractivity contribution < 1.29 is 43.2 Å². The fourth-order valence-corrected chi connectivity index (χ4v) is 2.91. The van der Waals surface area contributed by atoms with Crippen molar-refractivity contribution in [2.45, 2.75) is 34.1 Å². The fourth-order valence-electron chi connectivity index (χ4n) is 2.75. The molecular weight excluding hydrogens is 523 g/mol. The van der Waals surface area contributed by atoms with Crippen LogP contribution in [-0.2, 0) is 32.6 Å². The smallest absolute Gasteiger partial charge is 0.750 e. The second-order valence-electron chi connectivity index (χ2n) is 6.99. The number of para-hydroxylation sites is 2. The Hall–Kier alpha value is -2.56. The van der Waals surface area contributed by atoms with E-state index in [-0.39, 0.29) is 24.5 Å². The van der Waals surface area contributed by atoms with E-state index in [0.717, 1.165) is 34.2 Å². The average Bonchev–Trinajstić information content (AvgIpc) is 3.21. The Morgan fingerprint density at radius 3 is 1.51 bits per heavy atom. The van der Waals surface area contributed by atoms with Crippen molar-refractivity contribution in [3.8, 4) is 0 Å². The van der Waals surface area contributed by atoms with Gasteiger partial charge in [-0.15, -0.1) is 13.2 Å². The molecule has 35 heavy (non-hydrogen) atoms. The summed E-state index contributed by atoms with van der Waals surface area (Å²) in [6, 6.07) is 20.4. The van der Waals surface area contributed by atoms with Crippen molar-refractivity contribution in [1.82, 2.24) is 4.98 Å². The molecule has 1 heterocycles. The Morgan fingerprint density at radius 2 is 1.23 bits per heavy atom. The van der Waals surface area contributed by atoms with Crippen LogP contribution in [0.5, 0.6) is 0 Å². The van der Waals surface area contributed by atoms with Gasteiger partial charge in [0, 0.05) is 0 Å². The Balaban J connectivity index is 0.00000101. The summed E-state index contributed by atoms with van der Waals surface area (Å²) in [6.07, 6.45) is -5.09. The van der Waals surface area contributed by atoms with Gasteiger partial charge in [-0.3, -0.25) is 9.98 Å². The number of benzene rings is 2. The van der Waals surface area contributed by atoms with Crippen molar-refractivity contribution in [1.29, 1.82) is 0 Å². The summed E-state index contributed by atoms with van der Waals surface area (Å²) in [6.45, 7) is 8.20. The minimum atomic E-state index is -5.09. The first kappa shape index (κ1) is 32.4. The Kier molecular flexibility index (Phi) is 13.7. The van der Waals surface area contributed by atoms with Crippen LogP contribution in [0.15, 0.2) is 70.6 Å². The van der Waals surface area contributed by atoms with Gasteiger partial charge in [0.1, 0.15) is 0 Å². The van der Waals surface area contributed by atoms with Gasteiger partial charge in [0.2, 0.25) is 0 Å². The van der Waals surface area contributed by atoms with Crippen LogP contribution in [0.1, 0.15) is 36.4 Å². The van der Waals surface area contributed by atoms with Gasteiger partial charge in [-0.05, 0) is 63.1 Å². The van der Waals surface area contributed by atoms with E-state index < -0.39 is 17.7 Å². The van der Waals surface area contributed by atoms with Gasteiger partial charge in [0.05, 0.1) is 45.5 Å². The molecule has 6 nitrogen and oxygen atoms in total. The Bertz CT molecular complexity index is 1100. The molecule has 0 radical (unpaired) electrons. The summed E-state index contributed by atoms with van der Waals surface area (Å²) >= 11 is -3.51. The number of aromatic nitrogens is 1. The third kappa shape index (κ3) is 11.1. The Labute approximate surface area is 216 Å². The quantitative estimate of drug-likeness (QED) is 0.167. The number of alkyl halides is 3. The maximum atomic E-state index is 10.7. The summed E-state index contributed by atoms with van der Waals surface area (Å²) in [7, 11) is 0. The second-order valence-corrected chi connectivity index (χ2v) is 7.56. The predicted octanol–water partition coefficient (Wildman–Crippen LogP) is 6.68. The number of aliphatic imine (C=N–C) groups is 2. The molecular formula is C24H26F3FeN3O3S. The molecule has 0 saturated carbocycles. The minimum Gasteiger partial charge on any atom is -0.750 e. The maximum absolute atomic E-state index is 10.7. The van der Waals surface area contributed by atoms with Gasteiger partial charge < -0.3 is 17.0 Å². The van der Waals surface area contributed by atoms with Crippen molar-refractivity contribution in [2.75, 3.05) is 0 Å². The molecule has 0 bridgehead atoms. The first-order chi connectivity index (χ1) is 15.5. The number of hydrogen-bond donors (Lipinski definition) is 1. The van der Waals surface area contributed by atoms with Crippen LogP contribution >= 0.6 is 0 Å². The van der Waals surface area contributed by atoms with E-state index in [1.54, 1.807) is 0 Å². The fraction of sp³-hybridized carbons (Fsp3) is 0.208. The molecule has 1 unspecified atom stereocenters. The molecule has 0 saturated heterocycles. The minimum absolute atomic E-state index is 0. The molecule has 1 atom stereocenters. The third-order valence-electron chi connectivity index (χ3n) is 4.44. The van der Waals surface area contributed by atoms with E-state index in [4.69, 9.17) is 18.7 Å². The molecule has 0 amide bonds. The Morgan fingerprint density at radius 1 is 0.857 bits per heavy atom. The topological polar surface area (TPSA) is 89.9 Å². The molecule has 0 spiro atoms. The number of rotatable bonds is 5. The summed E-state index contributed by atoms with van der Waals surface area (Å²) in [5, 5.41) is 0. The van der Waals surface area contributed by atoms with Gasteiger partial charge in [0.25, 0.3) is 0 Å². The molecule has 0 fully saturated rings. The predicted molar refractivity (Wildman–Crippen MR) is 129 cm³/mol. The zero-order chi connectivity index (χ0) is 24.6. The van der Waals surface area contributed by atoms with E-state index in [9.17, 15) is 13.2 Å². The normalized spacial score (nSPS) is 12.6. The maximum Gasteiger partial charge on any atom is 2.00 e. The van der Waals surface area contributed by atoms with Crippen LogP contribution in [0.4, 0.5) is 24.5 Å². The van der Waals surface area contributed by atoms with Crippen LogP contribution < -0.4 is 0 Å². The van der Waals surface area contributed by atoms with E-state index in [0.29, 0.717) is 0 Å². The molecule has 190 valence electrons. The van der Waals surface area contributed by atoms with E-state index >= 15 is 0 Å². The molecule has 1 N–H and O–H groups in total. The van der Waals surface area contributed by atoms with Gasteiger partial charge in [-0.2, -0.15) is 0 Å². The molecule has 3 aromatic rings. The first-order valence-corrected chi connectivity index (χ1v) is 10.7. The second kappa shape index (κ2) is 14.8. The van der Waals surface area contributed by atoms with Crippen LogP contribution in [0.25, 0.3) is 0 Å². The number of H-pyrrole nitrogens is 1. The van der Waals surface area contributed by atoms with Gasteiger partial charge in [0.15, 0.2) is 0 Å². The summed E-state index contributed by atoms with van der Waals surface area (Å²) < 4.78 is 52.6. The largest absolute Gasteiger partial charge is 2.00 e. The molecule has 0 aliphatic heterocycles. The van der Waals surface area contributed by atoms with E-state index in [2.05, 4.69) is 47.3 Å². The molecule has 11 heteroatoms. The van der Waals surface area contributed by atoms with E-state index in [1.165, 1.54) is 11.1 Å². The number of halogens is 3. The van der Waals surface area contributed by atoms with Gasteiger partial charge in [-0.1, -0.05) is 36.4 Å². The summed E-state index contributed by atoms with van der Waals surface area (Å²) in [5.41, 5.74) is 8.29. The number of nitrogens with zero attached hydrogens (tertiary/aromatic N) is 2. The average molecular weight is 549 g/mol. The SMILES string of the molecule is CC(=Nc1ccccc1C)c1ccc(C(C)=Nc2ccccc2C)[nH]1.O=S([O-])OC(F)(F)F.[CH3-].[Fe+2]. The van der Waals surface area contributed by atoms with Crippen molar-refractivity contribution >= 4 is 34.2 Å². The monoisotopic (exact) mass is 549 g/mol. The van der Waals surface area contributed by atoms with Crippen LogP contribution in [0.3, 0.4) is 0 Å². The molecule has 2 aromatic carbocycles. The number of aromatic amines is 1. The first-order valence-electron chi connectivity index (χ1n) is 9.73. The van der Waals surface area contributed by atoms with Crippen molar-refractivity contribution in [2.24, 2.45) is 9.98 Å². The number of nitrogens with one attached hydrogen (secondary N) is 1. The zero-order valence-corrected chi connectivity index (χ0v) is 21.7. The van der Waals surface area contributed by atoms with Gasteiger partial charge in [-0.25, -0.2) is 8.39 Å². The zero-order valence-electron chi connectivity index (χ0n) is 19.8. The van der Waals surface area contributed by atoms with Crippen LogP contribution in [-0.4, -0.2) is 31.5 Å². The molecule has 1 aromatic heterocycles. The van der Waals surface area contributed by atoms with Crippen LogP contribution in [0.2, 0.25) is 0 Å².